The summed E-state index contributed by atoms with van der Waals surface area (Å²) in [5, 5.41) is 15.4. The van der Waals surface area contributed by atoms with E-state index < -0.39 is 53.0 Å². The normalized spacial score (nSPS) is 18.1. The molecule has 2 aromatic rings. The summed E-state index contributed by atoms with van der Waals surface area (Å²) in [5.74, 6) is -3.23. The Bertz CT molecular complexity index is 1450. The third-order valence-corrected chi connectivity index (χ3v) is 8.78. The number of nitrogens with one attached hydrogen (secondary N) is 2. The maximum absolute atomic E-state index is 14.3. The van der Waals surface area contributed by atoms with Crippen LogP contribution in [0.3, 0.4) is 0 Å². The largest absolute Gasteiger partial charge is 0.481 e. The topological polar surface area (TPSA) is 155 Å². The number of carboxylic acids is 1. The summed E-state index contributed by atoms with van der Waals surface area (Å²) >= 11 is 6.17. The molecule has 4 unspecified atom stereocenters. The first-order chi connectivity index (χ1) is 23.0. The van der Waals surface area contributed by atoms with E-state index in [0.29, 0.717) is 30.8 Å². The number of aliphatic carboxylic acids is 1. The van der Waals surface area contributed by atoms with Gasteiger partial charge in [0.1, 0.15) is 17.7 Å². The van der Waals surface area contributed by atoms with E-state index >= 15 is 0 Å². The highest BCUT2D eigenvalue weighted by Gasteiger charge is 2.45. The predicted octanol–water partition coefficient (Wildman–Crippen LogP) is 4.08. The van der Waals surface area contributed by atoms with Crippen LogP contribution in [-0.4, -0.2) is 102 Å². The standard InChI is InChI=1S/C36H49ClN4O8/c1-24(38-34(47)49-35(2,3)4)31(44)39-29(22-48-6)33(46)40(5)36(21-26-13-15-28(37)16-14-26)17-10-18-41(23-36)32(45)27(20-30(42)43)19-25-11-8-7-9-12-25/h7-9,11-16,24,27,29H,10,17-23H2,1-6H3,(H,38,47)(H,39,44)(H,42,43). The van der Waals surface area contributed by atoms with Crippen LogP contribution in [0.5, 0.6) is 0 Å². The van der Waals surface area contributed by atoms with Crippen molar-refractivity contribution in [3.63, 3.8) is 0 Å². The number of ether oxygens (including phenoxy) is 2. The van der Waals surface area contributed by atoms with Gasteiger partial charge in [-0.15, -0.1) is 0 Å². The number of halogens is 1. The molecular formula is C36H49ClN4O8. The Hall–Kier alpha value is -4.16. The number of benzene rings is 2. The predicted molar refractivity (Wildman–Crippen MR) is 185 cm³/mol. The van der Waals surface area contributed by atoms with E-state index in [2.05, 4.69) is 10.6 Å². The van der Waals surface area contributed by atoms with Crippen molar-refractivity contribution in [2.45, 2.75) is 83.0 Å². The van der Waals surface area contributed by atoms with Gasteiger partial charge >= 0.3 is 12.1 Å². The van der Waals surface area contributed by atoms with Crippen LogP contribution in [-0.2, 0) is 41.5 Å². The maximum atomic E-state index is 14.3. The third kappa shape index (κ3) is 11.7. The molecule has 1 aliphatic heterocycles. The van der Waals surface area contributed by atoms with Gasteiger partial charge in [-0.25, -0.2) is 4.79 Å². The number of carbonyl (C=O) groups is 5. The number of likely N-dealkylation sites (tertiary alicyclic amines) is 1. The van der Waals surface area contributed by atoms with Crippen LogP contribution in [0.1, 0.15) is 58.1 Å². The van der Waals surface area contributed by atoms with Crippen molar-refractivity contribution in [2.24, 2.45) is 5.92 Å². The fourth-order valence-electron chi connectivity index (χ4n) is 6.09. The zero-order chi connectivity index (χ0) is 36.4. The van der Waals surface area contributed by atoms with E-state index in [-0.39, 0.29) is 31.9 Å². The maximum Gasteiger partial charge on any atom is 0.408 e. The molecular weight excluding hydrogens is 652 g/mol. The molecule has 0 bridgehead atoms. The van der Waals surface area contributed by atoms with Crippen molar-refractivity contribution in [1.82, 2.24) is 20.4 Å². The van der Waals surface area contributed by atoms with Crippen molar-refractivity contribution in [3.05, 3.63) is 70.7 Å². The Morgan fingerprint density at radius 2 is 1.67 bits per heavy atom. The summed E-state index contributed by atoms with van der Waals surface area (Å²) in [7, 11) is 3.05. The van der Waals surface area contributed by atoms with E-state index in [1.165, 1.54) is 14.0 Å². The van der Waals surface area contributed by atoms with Gasteiger partial charge in [0.15, 0.2) is 0 Å². The fourth-order valence-corrected chi connectivity index (χ4v) is 6.22. The number of alkyl carbamates (subject to hydrolysis) is 1. The monoisotopic (exact) mass is 700 g/mol. The second-order valence-corrected chi connectivity index (χ2v) is 14.1. The fraction of sp³-hybridized carbons (Fsp3) is 0.528. The Morgan fingerprint density at radius 3 is 2.27 bits per heavy atom. The molecule has 12 nitrogen and oxygen atoms in total. The van der Waals surface area contributed by atoms with Gasteiger partial charge in [-0.3, -0.25) is 19.2 Å². The number of hydrogen-bond donors (Lipinski definition) is 3. The first kappa shape index (κ1) is 39.3. The molecule has 1 saturated heterocycles. The Labute approximate surface area is 293 Å². The molecule has 2 aromatic carbocycles. The number of carbonyl (C=O) groups excluding carboxylic acids is 4. The van der Waals surface area contributed by atoms with Crippen LogP contribution in [0.15, 0.2) is 54.6 Å². The molecule has 49 heavy (non-hydrogen) atoms. The lowest BCUT2D eigenvalue weighted by Gasteiger charge is -2.49. The van der Waals surface area contributed by atoms with Crippen molar-refractivity contribution >= 4 is 41.4 Å². The molecule has 3 rings (SSSR count). The Kier molecular flexibility index (Phi) is 14.0. The van der Waals surface area contributed by atoms with Gasteiger partial charge in [-0.05, 0) is 76.6 Å². The molecule has 0 spiro atoms. The molecule has 13 heteroatoms. The average Bonchev–Trinajstić information content (AvgIpc) is 3.03. The van der Waals surface area contributed by atoms with Gasteiger partial charge in [-0.1, -0.05) is 54.1 Å². The van der Waals surface area contributed by atoms with Crippen molar-refractivity contribution < 1.29 is 38.6 Å². The highest BCUT2D eigenvalue weighted by Crippen LogP contribution is 2.33. The molecule has 0 radical (unpaired) electrons. The molecule has 1 fully saturated rings. The van der Waals surface area contributed by atoms with Crippen molar-refractivity contribution in [3.8, 4) is 0 Å². The van der Waals surface area contributed by atoms with Crippen LogP contribution in [0.2, 0.25) is 5.02 Å². The first-order valence-corrected chi connectivity index (χ1v) is 16.8. The summed E-state index contributed by atoms with van der Waals surface area (Å²) in [4.78, 5) is 68.9. The second kappa shape index (κ2) is 17.5. The second-order valence-electron chi connectivity index (χ2n) is 13.7. The molecule has 0 aliphatic carbocycles. The summed E-state index contributed by atoms with van der Waals surface area (Å²) < 4.78 is 10.6. The van der Waals surface area contributed by atoms with Gasteiger partial charge in [-0.2, -0.15) is 0 Å². The summed E-state index contributed by atoms with van der Waals surface area (Å²) in [6.45, 7) is 6.99. The molecule has 268 valence electrons. The zero-order valence-electron chi connectivity index (χ0n) is 29.2. The molecule has 4 atom stereocenters. The number of piperidine rings is 1. The minimum Gasteiger partial charge on any atom is -0.481 e. The lowest BCUT2D eigenvalue weighted by Crippen LogP contribution is -2.65. The number of rotatable bonds is 14. The van der Waals surface area contributed by atoms with Crippen LogP contribution in [0.25, 0.3) is 0 Å². The number of nitrogens with zero attached hydrogens (tertiary/aromatic N) is 2. The van der Waals surface area contributed by atoms with E-state index in [1.54, 1.807) is 49.8 Å². The van der Waals surface area contributed by atoms with Gasteiger partial charge in [0.25, 0.3) is 0 Å². The minimum atomic E-state index is -1.11. The first-order valence-electron chi connectivity index (χ1n) is 16.4. The van der Waals surface area contributed by atoms with Crippen LogP contribution in [0.4, 0.5) is 4.79 Å². The van der Waals surface area contributed by atoms with Crippen LogP contribution < -0.4 is 10.6 Å². The van der Waals surface area contributed by atoms with E-state index in [4.69, 9.17) is 21.1 Å². The average molecular weight is 701 g/mol. The summed E-state index contributed by atoms with van der Waals surface area (Å²) in [6, 6.07) is 14.4. The Morgan fingerprint density at radius 1 is 1.02 bits per heavy atom. The highest BCUT2D eigenvalue weighted by molar-refractivity contribution is 6.30. The van der Waals surface area contributed by atoms with E-state index in [9.17, 15) is 29.1 Å². The lowest BCUT2D eigenvalue weighted by atomic mass is 9.80. The summed E-state index contributed by atoms with van der Waals surface area (Å²) in [5.41, 5.74) is 0.0521. The van der Waals surface area contributed by atoms with Crippen LogP contribution in [0, 0.1) is 5.92 Å². The van der Waals surface area contributed by atoms with Gasteiger partial charge in [0.05, 0.1) is 24.5 Å². The smallest absolute Gasteiger partial charge is 0.408 e. The molecule has 3 N–H and O–H groups in total. The number of methoxy groups -OCH3 is 1. The minimum absolute atomic E-state index is 0.145. The lowest BCUT2D eigenvalue weighted by molar-refractivity contribution is -0.151. The SMILES string of the molecule is COCC(NC(=O)C(C)NC(=O)OC(C)(C)C)C(=O)N(C)C1(Cc2ccc(Cl)cc2)CCCN(C(=O)C(CC(=O)O)Cc2ccccc2)C1. The molecule has 0 aromatic heterocycles. The molecule has 4 amide bonds. The molecule has 1 aliphatic rings. The van der Waals surface area contributed by atoms with E-state index in [0.717, 1.165) is 11.1 Å². The number of amides is 4. The van der Waals surface area contributed by atoms with Crippen molar-refractivity contribution in [1.29, 1.82) is 0 Å². The highest BCUT2D eigenvalue weighted by atomic mass is 35.5. The Balaban J connectivity index is 1.90. The van der Waals surface area contributed by atoms with Crippen molar-refractivity contribution in [2.75, 3.05) is 33.9 Å². The van der Waals surface area contributed by atoms with Crippen LogP contribution >= 0.6 is 11.6 Å². The van der Waals surface area contributed by atoms with Gasteiger partial charge < -0.3 is 35.0 Å². The zero-order valence-corrected chi connectivity index (χ0v) is 29.9. The molecule has 0 saturated carbocycles. The number of carboxylic acid groups (broad SMARTS) is 1. The van der Waals surface area contributed by atoms with Gasteiger partial charge in [0, 0.05) is 32.3 Å². The summed E-state index contributed by atoms with van der Waals surface area (Å²) in [6.07, 6.45) is 0.612. The molecule has 1 heterocycles. The van der Waals surface area contributed by atoms with E-state index in [1.807, 2.05) is 42.5 Å². The van der Waals surface area contributed by atoms with Gasteiger partial charge in [0.2, 0.25) is 17.7 Å². The number of hydrogen-bond acceptors (Lipinski definition) is 7. The quantitative estimate of drug-likeness (QED) is 0.267. The third-order valence-electron chi connectivity index (χ3n) is 8.53. The number of likely N-dealkylation sites (N-methyl/N-ethyl adjacent to an activating group) is 1.